The summed E-state index contributed by atoms with van der Waals surface area (Å²) in [5.74, 6) is -0.428. The fourth-order valence-corrected chi connectivity index (χ4v) is 0.856. The Kier molecular flexibility index (Phi) is 6.64. The van der Waals surface area contributed by atoms with Crippen LogP contribution in [0.25, 0.3) is 0 Å². The van der Waals surface area contributed by atoms with E-state index in [4.69, 9.17) is 5.73 Å². The van der Waals surface area contributed by atoms with Gasteiger partial charge in [-0.25, -0.2) is 0 Å². The molecule has 6 nitrogen and oxygen atoms in total. The van der Waals surface area contributed by atoms with Gasteiger partial charge in [-0.2, -0.15) is 0 Å². The number of rotatable bonds is 6. The van der Waals surface area contributed by atoms with Gasteiger partial charge >= 0.3 is 0 Å². The van der Waals surface area contributed by atoms with E-state index in [2.05, 4.69) is 5.32 Å². The van der Waals surface area contributed by atoms with E-state index in [9.17, 15) is 9.59 Å². The van der Waals surface area contributed by atoms with Crippen LogP contribution in [-0.2, 0) is 9.59 Å². The summed E-state index contributed by atoms with van der Waals surface area (Å²) < 4.78 is 0. The first-order valence-corrected chi connectivity index (χ1v) is 4.82. The maximum atomic E-state index is 11.4. The molecule has 0 spiro atoms. The summed E-state index contributed by atoms with van der Waals surface area (Å²) >= 11 is 0. The molecule has 0 rings (SSSR count). The van der Waals surface area contributed by atoms with Crippen LogP contribution in [0, 0.1) is 0 Å². The van der Waals surface area contributed by atoms with Gasteiger partial charge < -0.3 is 20.9 Å². The van der Waals surface area contributed by atoms with Gasteiger partial charge in [0.25, 0.3) is 0 Å². The Balaban J connectivity index is 3.74. The van der Waals surface area contributed by atoms with Crippen molar-refractivity contribution in [2.24, 2.45) is 5.73 Å². The zero-order valence-electron chi connectivity index (χ0n) is 9.62. The Morgan fingerprint density at radius 1 is 1.20 bits per heavy atom. The molecule has 0 saturated heterocycles. The van der Waals surface area contributed by atoms with Crippen molar-refractivity contribution in [1.82, 2.24) is 15.1 Å². The Morgan fingerprint density at radius 3 is 2.27 bits per heavy atom. The Hall–Kier alpha value is -1.14. The van der Waals surface area contributed by atoms with Crippen LogP contribution in [0.1, 0.15) is 0 Å². The van der Waals surface area contributed by atoms with Crippen molar-refractivity contribution in [1.29, 1.82) is 0 Å². The number of nitrogens with one attached hydrogen (secondary N) is 1. The maximum Gasteiger partial charge on any atom is 0.241 e. The zero-order chi connectivity index (χ0) is 11.8. The van der Waals surface area contributed by atoms with Crippen LogP contribution in [0.5, 0.6) is 0 Å². The van der Waals surface area contributed by atoms with Crippen LogP contribution in [-0.4, -0.2) is 68.9 Å². The van der Waals surface area contributed by atoms with E-state index in [0.717, 1.165) is 6.54 Å². The molecule has 0 saturated carbocycles. The molecule has 0 heterocycles. The normalized spacial score (nSPS) is 10.2. The summed E-state index contributed by atoms with van der Waals surface area (Å²) in [5, 5.41) is 2.43. The van der Waals surface area contributed by atoms with Crippen LogP contribution < -0.4 is 11.1 Å². The largest absolute Gasteiger partial charge is 0.346 e. The second-order valence-electron chi connectivity index (χ2n) is 3.60. The molecule has 3 N–H and O–H groups in total. The molecule has 0 unspecified atom stereocenters. The van der Waals surface area contributed by atoms with Crippen LogP contribution in [0.4, 0.5) is 0 Å². The average Bonchev–Trinajstić information content (AvgIpc) is 2.21. The van der Waals surface area contributed by atoms with Crippen molar-refractivity contribution >= 4 is 11.8 Å². The van der Waals surface area contributed by atoms with Crippen molar-refractivity contribution in [2.75, 3.05) is 47.3 Å². The van der Waals surface area contributed by atoms with E-state index in [0.29, 0.717) is 6.54 Å². The highest BCUT2D eigenvalue weighted by Gasteiger charge is 2.09. The first kappa shape index (κ1) is 13.9. The maximum absolute atomic E-state index is 11.4. The number of nitrogens with two attached hydrogens (primary N) is 1. The van der Waals surface area contributed by atoms with Crippen molar-refractivity contribution in [3.63, 3.8) is 0 Å². The first-order valence-electron chi connectivity index (χ1n) is 4.82. The topological polar surface area (TPSA) is 78.7 Å². The predicted molar refractivity (Wildman–Crippen MR) is 58.3 cm³/mol. The molecule has 0 aliphatic carbocycles. The smallest absolute Gasteiger partial charge is 0.241 e. The fraction of sp³-hybridized carbons (Fsp3) is 0.778. The van der Waals surface area contributed by atoms with Crippen LogP contribution in [0.3, 0.4) is 0 Å². The summed E-state index contributed by atoms with van der Waals surface area (Å²) in [7, 11) is 5.59. The number of nitrogens with zero attached hydrogens (tertiary/aromatic N) is 2. The van der Waals surface area contributed by atoms with Crippen molar-refractivity contribution < 1.29 is 9.59 Å². The van der Waals surface area contributed by atoms with E-state index in [1.165, 1.54) is 0 Å². The van der Waals surface area contributed by atoms with Gasteiger partial charge in [0.2, 0.25) is 11.8 Å². The Bertz CT molecular complexity index is 218. The molecule has 0 aliphatic rings. The van der Waals surface area contributed by atoms with E-state index in [-0.39, 0.29) is 24.9 Å². The van der Waals surface area contributed by atoms with Crippen molar-refractivity contribution in [3.8, 4) is 0 Å². The lowest BCUT2D eigenvalue weighted by Crippen LogP contribution is -2.42. The minimum atomic E-state index is -0.315. The van der Waals surface area contributed by atoms with Gasteiger partial charge in [0, 0.05) is 20.1 Å². The highest BCUT2D eigenvalue weighted by Crippen LogP contribution is 1.85. The van der Waals surface area contributed by atoms with Crippen LogP contribution in [0.2, 0.25) is 0 Å². The van der Waals surface area contributed by atoms with E-state index < -0.39 is 0 Å². The third kappa shape index (κ3) is 6.87. The second kappa shape index (κ2) is 7.19. The lowest BCUT2D eigenvalue weighted by molar-refractivity contribution is -0.131. The van der Waals surface area contributed by atoms with Gasteiger partial charge in [0.15, 0.2) is 0 Å². The molecule has 0 aliphatic heterocycles. The second-order valence-corrected chi connectivity index (χ2v) is 3.60. The number of hydrogen-bond donors (Lipinski definition) is 2. The molecule has 88 valence electrons. The zero-order valence-corrected chi connectivity index (χ0v) is 9.62. The van der Waals surface area contributed by atoms with Crippen LogP contribution in [0.15, 0.2) is 0 Å². The van der Waals surface area contributed by atoms with Gasteiger partial charge in [-0.3, -0.25) is 9.59 Å². The van der Waals surface area contributed by atoms with Crippen molar-refractivity contribution in [2.45, 2.75) is 0 Å². The quantitative estimate of drug-likeness (QED) is 0.542. The number of hydrogen-bond acceptors (Lipinski definition) is 4. The summed E-state index contributed by atoms with van der Waals surface area (Å²) in [4.78, 5) is 25.8. The highest BCUT2D eigenvalue weighted by atomic mass is 16.2. The van der Waals surface area contributed by atoms with E-state index in [1.54, 1.807) is 11.9 Å². The molecule has 0 aromatic rings. The van der Waals surface area contributed by atoms with E-state index in [1.807, 2.05) is 19.0 Å². The Morgan fingerprint density at radius 2 is 1.80 bits per heavy atom. The number of amides is 2. The minimum absolute atomic E-state index is 0.0139. The van der Waals surface area contributed by atoms with Gasteiger partial charge in [-0.1, -0.05) is 0 Å². The Labute approximate surface area is 90.4 Å². The summed E-state index contributed by atoms with van der Waals surface area (Å²) in [6.45, 7) is 1.37. The average molecular weight is 216 g/mol. The monoisotopic (exact) mass is 216 g/mol. The molecule has 15 heavy (non-hydrogen) atoms. The molecule has 0 fully saturated rings. The third-order valence-electron chi connectivity index (χ3n) is 1.93. The molecular weight excluding hydrogens is 196 g/mol. The highest BCUT2D eigenvalue weighted by molar-refractivity contribution is 5.85. The molecular formula is C9H20N4O2. The van der Waals surface area contributed by atoms with Crippen LogP contribution >= 0.6 is 0 Å². The molecule has 0 aromatic heterocycles. The van der Waals surface area contributed by atoms with Gasteiger partial charge in [-0.15, -0.1) is 0 Å². The number of carbonyl (C=O) groups excluding carboxylic acids is 2. The summed E-state index contributed by atoms with van der Waals surface area (Å²) in [6, 6.07) is 0. The van der Waals surface area contributed by atoms with Gasteiger partial charge in [0.1, 0.15) is 0 Å². The third-order valence-corrected chi connectivity index (χ3v) is 1.93. The summed E-state index contributed by atoms with van der Waals surface area (Å²) in [6.07, 6.45) is 0. The molecule has 0 bridgehead atoms. The summed E-state index contributed by atoms with van der Waals surface area (Å²) in [5.41, 5.74) is 5.09. The molecule has 2 amide bonds. The predicted octanol–water partition coefficient (Wildman–Crippen LogP) is -1.92. The number of carbonyl (C=O) groups is 2. The first-order chi connectivity index (χ1) is 6.97. The van der Waals surface area contributed by atoms with E-state index >= 15 is 0 Å². The number of likely N-dealkylation sites (N-methyl/N-ethyl adjacent to an activating group) is 2. The molecule has 0 aromatic carbocycles. The molecule has 6 heteroatoms. The SMILES string of the molecule is CN(C)CCN(C)C(=O)CNC(=O)CN. The minimum Gasteiger partial charge on any atom is -0.346 e. The van der Waals surface area contributed by atoms with Crippen molar-refractivity contribution in [3.05, 3.63) is 0 Å². The molecule has 0 radical (unpaired) electrons. The lowest BCUT2D eigenvalue weighted by atomic mass is 10.4. The lowest BCUT2D eigenvalue weighted by Gasteiger charge is -2.19. The molecule has 0 atom stereocenters. The van der Waals surface area contributed by atoms with Gasteiger partial charge in [0.05, 0.1) is 13.1 Å². The van der Waals surface area contributed by atoms with Gasteiger partial charge in [-0.05, 0) is 14.1 Å². The fourth-order valence-electron chi connectivity index (χ4n) is 0.856. The standard InChI is InChI=1S/C9H20N4O2/c1-12(2)4-5-13(3)9(15)7-11-8(14)6-10/h4-7,10H2,1-3H3,(H,11,14).